The number of aliphatic hydroxyl groups is 1. The number of aromatic hydroxyl groups is 1. The minimum Gasteiger partial charge on any atom is -0.508 e. The zero-order chi connectivity index (χ0) is 18.4. The molecule has 1 saturated heterocycles. The van der Waals surface area contributed by atoms with Gasteiger partial charge in [0, 0.05) is 19.7 Å². The first-order valence-electron chi connectivity index (χ1n) is 9.46. The highest BCUT2D eigenvalue weighted by molar-refractivity contribution is 5.35. The van der Waals surface area contributed by atoms with Gasteiger partial charge < -0.3 is 14.9 Å². The van der Waals surface area contributed by atoms with Gasteiger partial charge in [-0.05, 0) is 54.6 Å². The maximum atomic E-state index is 10.9. The van der Waals surface area contributed by atoms with Crippen molar-refractivity contribution >= 4 is 0 Å². The van der Waals surface area contributed by atoms with Crippen molar-refractivity contribution in [3.8, 4) is 5.75 Å². The third kappa shape index (κ3) is 4.64. The molecule has 2 aromatic rings. The topological polar surface area (TPSA) is 52.9 Å². The normalized spacial score (nSPS) is 19.4. The summed E-state index contributed by atoms with van der Waals surface area (Å²) in [5.74, 6) is 0.291. The van der Waals surface area contributed by atoms with E-state index in [1.165, 1.54) is 6.42 Å². The number of hydrogen-bond acceptors (Lipinski definition) is 4. The lowest BCUT2D eigenvalue weighted by Crippen LogP contribution is -2.44. The van der Waals surface area contributed by atoms with Gasteiger partial charge in [0.25, 0.3) is 0 Å². The van der Waals surface area contributed by atoms with Crippen LogP contribution in [0.2, 0.25) is 0 Å². The van der Waals surface area contributed by atoms with Crippen LogP contribution in [0.15, 0.2) is 48.5 Å². The summed E-state index contributed by atoms with van der Waals surface area (Å²) in [5.41, 5.74) is 3.22. The van der Waals surface area contributed by atoms with Gasteiger partial charge in [-0.15, -0.1) is 0 Å². The number of rotatable bonds is 7. The van der Waals surface area contributed by atoms with Crippen molar-refractivity contribution in [3.05, 3.63) is 65.2 Å². The van der Waals surface area contributed by atoms with E-state index in [1.54, 1.807) is 13.2 Å². The average Bonchev–Trinajstić information content (AvgIpc) is 2.68. The van der Waals surface area contributed by atoms with Crippen LogP contribution in [0.25, 0.3) is 0 Å². The smallest absolute Gasteiger partial charge is 0.115 e. The summed E-state index contributed by atoms with van der Waals surface area (Å²) in [5, 5.41) is 20.7. The molecule has 0 spiro atoms. The summed E-state index contributed by atoms with van der Waals surface area (Å²) in [6.45, 7) is 2.42. The van der Waals surface area contributed by atoms with Crippen LogP contribution in [0.3, 0.4) is 0 Å². The molecule has 1 aliphatic rings. The second kappa shape index (κ2) is 9.17. The quantitative estimate of drug-likeness (QED) is 0.796. The molecule has 1 aliphatic heterocycles. The van der Waals surface area contributed by atoms with Gasteiger partial charge in [0.15, 0.2) is 0 Å². The van der Waals surface area contributed by atoms with Crippen LogP contribution in [0.4, 0.5) is 0 Å². The Morgan fingerprint density at radius 3 is 2.69 bits per heavy atom. The molecule has 4 nitrogen and oxygen atoms in total. The molecule has 0 bridgehead atoms. The maximum Gasteiger partial charge on any atom is 0.115 e. The first-order valence-corrected chi connectivity index (χ1v) is 9.46. The lowest BCUT2D eigenvalue weighted by molar-refractivity contribution is 0.0255. The molecule has 2 aromatic carbocycles. The fourth-order valence-electron chi connectivity index (χ4n) is 3.93. The van der Waals surface area contributed by atoms with E-state index < -0.39 is 6.10 Å². The molecule has 0 saturated carbocycles. The zero-order valence-electron chi connectivity index (χ0n) is 15.5. The summed E-state index contributed by atoms with van der Waals surface area (Å²) in [7, 11) is 1.69. The highest BCUT2D eigenvalue weighted by atomic mass is 16.5. The molecule has 1 fully saturated rings. The van der Waals surface area contributed by atoms with E-state index in [9.17, 15) is 10.2 Å². The molecule has 3 rings (SSSR count). The third-order valence-electron chi connectivity index (χ3n) is 5.33. The van der Waals surface area contributed by atoms with Crippen LogP contribution < -0.4 is 0 Å². The fraction of sp³-hybridized carbons (Fsp3) is 0.455. The van der Waals surface area contributed by atoms with Crippen LogP contribution in [0, 0.1) is 0 Å². The molecule has 0 radical (unpaired) electrons. The molecule has 0 aliphatic carbocycles. The zero-order valence-corrected chi connectivity index (χ0v) is 15.5. The van der Waals surface area contributed by atoms with Crippen molar-refractivity contribution in [2.75, 3.05) is 20.2 Å². The van der Waals surface area contributed by atoms with Gasteiger partial charge in [-0.1, -0.05) is 42.8 Å². The van der Waals surface area contributed by atoms with E-state index in [1.807, 2.05) is 42.5 Å². The number of ether oxygens (including phenoxy) is 1. The number of piperidine rings is 1. The van der Waals surface area contributed by atoms with Gasteiger partial charge in [-0.25, -0.2) is 0 Å². The minimum atomic E-state index is -0.459. The van der Waals surface area contributed by atoms with Crippen molar-refractivity contribution in [1.29, 1.82) is 0 Å². The summed E-state index contributed by atoms with van der Waals surface area (Å²) in [4.78, 5) is 2.40. The van der Waals surface area contributed by atoms with Gasteiger partial charge in [-0.3, -0.25) is 4.90 Å². The number of phenolic OH excluding ortho intramolecular Hbond substituents is 1. The highest BCUT2D eigenvalue weighted by Gasteiger charge is 2.29. The van der Waals surface area contributed by atoms with Crippen LogP contribution in [-0.4, -0.2) is 41.4 Å². The van der Waals surface area contributed by atoms with Crippen molar-refractivity contribution in [2.45, 2.75) is 44.4 Å². The van der Waals surface area contributed by atoms with Gasteiger partial charge >= 0.3 is 0 Å². The maximum absolute atomic E-state index is 10.9. The van der Waals surface area contributed by atoms with E-state index in [-0.39, 0.29) is 6.04 Å². The largest absolute Gasteiger partial charge is 0.508 e. The molecule has 4 heteroatoms. The SMILES string of the molecule is COCc1ccc(O)cc1CCN1CCCCC1C(O)c1ccccc1. The molecular weight excluding hydrogens is 326 g/mol. The van der Waals surface area contributed by atoms with E-state index in [0.29, 0.717) is 12.4 Å². The predicted octanol–water partition coefficient (Wildman–Crippen LogP) is 3.67. The Labute approximate surface area is 156 Å². The molecule has 26 heavy (non-hydrogen) atoms. The second-order valence-electron chi connectivity index (χ2n) is 7.09. The Bertz CT molecular complexity index is 689. The van der Waals surface area contributed by atoms with Crippen LogP contribution in [0.5, 0.6) is 5.75 Å². The average molecular weight is 355 g/mol. The number of aliphatic hydroxyl groups excluding tert-OH is 1. The second-order valence-corrected chi connectivity index (χ2v) is 7.09. The Balaban J connectivity index is 1.70. The molecule has 0 amide bonds. The molecule has 2 atom stereocenters. The third-order valence-corrected chi connectivity index (χ3v) is 5.33. The predicted molar refractivity (Wildman–Crippen MR) is 103 cm³/mol. The Morgan fingerprint density at radius 2 is 1.92 bits per heavy atom. The van der Waals surface area contributed by atoms with Crippen molar-refractivity contribution in [2.24, 2.45) is 0 Å². The summed E-state index contributed by atoms with van der Waals surface area (Å²) >= 11 is 0. The lowest BCUT2D eigenvalue weighted by Gasteiger charge is -2.38. The molecule has 2 N–H and O–H groups in total. The standard InChI is InChI=1S/C22H29NO3/c1-26-16-19-10-11-20(24)15-18(19)12-14-23-13-6-5-9-21(23)22(25)17-7-3-2-4-8-17/h2-4,7-8,10-11,15,21-22,24-25H,5-6,9,12-14,16H2,1H3. The minimum absolute atomic E-state index is 0.148. The molecule has 140 valence electrons. The number of phenols is 1. The van der Waals surface area contributed by atoms with Crippen molar-refractivity contribution < 1.29 is 14.9 Å². The van der Waals surface area contributed by atoms with Gasteiger partial charge in [0.1, 0.15) is 5.75 Å². The van der Waals surface area contributed by atoms with Gasteiger partial charge in [-0.2, -0.15) is 0 Å². The Morgan fingerprint density at radius 1 is 1.12 bits per heavy atom. The molecule has 0 aromatic heterocycles. The summed E-state index contributed by atoms with van der Waals surface area (Å²) in [6, 6.07) is 15.6. The van der Waals surface area contributed by atoms with Crippen LogP contribution >= 0.6 is 0 Å². The van der Waals surface area contributed by atoms with Crippen LogP contribution in [-0.2, 0) is 17.8 Å². The molecule has 1 heterocycles. The van der Waals surface area contributed by atoms with E-state index in [4.69, 9.17) is 4.74 Å². The number of benzene rings is 2. The van der Waals surface area contributed by atoms with Crippen molar-refractivity contribution in [1.82, 2.24) is 4.90 Å². The van der Waals surface area contributed by atoms with Gasteiger partial charge in [0.05, 0.1) is 12.7 Å². The number of methoxy groups -OCH3 is 1. The van der Waals surface area contributed by atoms with Crippen LogP contribution in [0.1, 0.15) is 42.1 Å². The Hall–Kier alpha value is -1.88. The number of likely N-dealkylation sites (tertiary alicyclic amines) is 1. The summed E-state index contributed by atoms with van der Waals surface area (Å²) < 4.78 is 5.28. The van der Waals surface area contributed by atoms with E-state index in [2.05, 4.69) is 4.90 Å². The fourth-order valence-corrected chi connectivity index (χ4v) is 3.93. The van der Waals surface area contributed by atoms with E-state index in [0.717, 1.165) is 49.0 Å². The first kappa shape index (κ1) is 18.9. The lowest BCUT2D eigenvalue weighted by atomic mass is 9.92. The van der Waals surface area contributed by atoms with E-state index >= 15 is 0 Å². The molecule has 2 unspecified atom stereocenters. The van der Waals surface area contributed by atoms with Gasteiger partial charge in [0.2, 0.25) is 0 Å². The molecular formula is C22H29NO3. The monoisotopic (exact) mass is 355 g/mol. The first-order chi connectivity index (χ1) is 12.7. The number of hydrogen-bond donors (Lipinski definition) is 2. The van der Waals surface area contributed by atoms with Crippen molar-refractivity contribution in [3.63, 3.8) is 0 Å². The number of nitrogens with zero attached hydrogens (tertiary/aromatic N) is 1. The highest BCUT2D eigenvalue weighted by Crippen LogP contribution is 2.29. The Kier molecular flexibility index (Phi) is 6.67. The summed E-state index contributed by atoms with van der Waals surface area (Å²) in [6.07, 6.45) is 3.72.